The van der Waals surface area contributed by atoms with Gasteiger partial charge in [-0.05, 0) is 67.1 Å². The third-order valence-corrected chi connectivity index (χ3v) is 6.23. The first kappa shape index (κ1) is 21.2. The summed E-state index contributed by atoms with van der Waals surface area (Å²) in [4.78, 5) is 14.7. The third-order valence-electron chi connectivity index (χ3n) is 4.53. The van der Waals surface area contributed by atoms with Crippen LogP contribution in [0.4, 0.5) is 10.5 Å². The SMILES string of the molecule is COc1ccc(C2CN(C(=O)OC(C)(C)C)c3c(I)c(OC)cc(Br)c32)cc1. The Morgan fingerprint density at radius 3 is 2.36 bits per heavy atom. The van der Waals surface area contributed by atoms with E-state index in [-0.39, 0.29) is 12.0 Å². The van der Waals surface area contributed by atoms with Crippen molar-refractivity contribution in [3.05, 3.63) is 49.5 Å². The summed E-state index contributed by atoms with van der Waals surface area (Å²) in [5.74, 6) is 1.53. The molecule has 7 heteroatoms. The summed E-state index contributed by atoms with van der Waals surface area (Å²) in [5, 5.41) is 0. The fourth-order valence-electron chi connectivity index (χ4n) is 3.30. The van der Waals surface area contributed by atoms with Gasteiger partial charge in [0.1, 0.15) is 17.1 Å². The van der Waals surface area contributed by atoms with Crippen molar-refractivity contribution in [3.63, 3.8) is 0 Å². The predicted octanol–water partition coefficient (Wildman–Crippen LogP) is 5.96. The van der Waals surface area contributed by atoms with E-state index in [0.717, 1.165) is 36.4 Å². The molecular weight excluding hydrogens is 537 g/mol. The fraction of sp³-hybridized carbons (Fsp3) is 0.381. The number of carbonyl (C=O) groups is 1. The zero-order chi connectivity index (χ0) is 20.6. The van der Waals surface area contributed by atoms with Crippen LogP contribution in [0.5, 0.6) is 11.5 Å². The molecular formula is C21H23BrINO4. The van der Waals surface area contributed by atoms with Gasteiger partial charge in [0.15, 0.2) is 0 Å². The molecule has 28 heavy (non-hydrogen) atoms. The van der Waals surface area contributed by atoms with E-state index < -0.39 is 5.60 Å². The van der Waals surface area contributed by atoms with Gasteiger partial charge in [-0.1, -0.05) is 28.1 Å². The van der Waals surface area contributed by atoms with Crippen molar-refractivity contribution in [1.29, 1.82) is 0 Å². The van der Waals surface area contributed by atoms with Crippen LogP contribution in [0.2, 0.25) is 0 Å². The Hall–Kier alpha value is -1.48. The molecule has 5 nitrogen and oxygen atoms in total. The van der Waals surface area contributed by atoms with E-state index in [0.29, 0.717) is 6.54 Å². The lowest BCUT2D eigenvalue weighted by Gasteiger charge is -2.26. The number of hydrogen-bond donors (Lipinski definition) is 0. The number of fused-ring (bicyclic) bond motifs is 1. The zero-order valence-corrected chi connectivity index (χ0v) is 20.3. The van der Waals surface area contributed by atoms with Gasteiger partial charge in [0, 0.05) is 22.5 Å². The Morgan fingerprint density at radius 2 is 1.82 bits per heavy atom. The van der Waals surface area contributed by atoms with Crippen molar-refractivity contribution in [1.82, 2.24) is 0 Å². The van der Waals surface area contributed by atoms with E-state index in [1.807, 2.05) is 51.1 Å². The lowest BCUT2D eigenvalue weighted by Crippen LogP contribution is -2.36. The van der Waals surface area contributed by atoms with Gasteiger partial charge in [-0.15, -0.1) is 0 Å². The minimum atomic E-state index is -0.572. The molecule has 1 aliphatic rings. The van der Waals surface area contributed by atoms with E-state index in [4.69, 9.17) is 14.2 Å². The zero-order valence-electron chi connectivity index (χ0n) is 16.5. The molecule has 0 spiro atoms. The molecule has 0 aliphatic carbocycles. The van der Waals surface area contributed by atoms with Crippen molar-refractivity contribution < 1.29 is 19.0 Å². The third kappa shape index (κ3) is 4.10. The molecule has 0 saturated carbocycles. The number of nitrogens with zero attached hydrogens (tertiary/aromatic N) is 1. The summed E-state index contributed by atoms with van der Waals surface area (Å²) < 4.78 is 18.3. The molecule has 0 bridgehead atoms. The molecule has 0 fully saturated rings. The molecule has 0 saturated heterocycles. The summed E-state index contributed by atoms with van der Waals surface area (Å²) >= 11 is 5.92. The Kier molecular flexibility index (Phi) is 6.14. The van der Waals surface area contributed by atoms with Crippen LogP contribution in [0, 0.1) is 3.57 Å². The molecule has 3 rings (SSSR count). The molecule has 1 aliphatic heterocycles. The van der Waals surface area contributed by atoms with Gasteiger partial charge in [0.05, 0.1) is 23.5 Å². The van der Waals surface area contributed by atoms with Gasteiger partial charge < -0.3 is 14.2 Å². The molecule has 150 valence electrons. The van der Waals surface area contributed by atoms with Crippen LogP contribution in [-0.2, 0) is 4.74 Å². The molecule has 0 aromatic heterocycles. The van der Waals surface area contributed by atoms with Gasteiger partial charge >= 0.3 is 6.09 Å². The van der Waals surface area contributed by atoms with Crippen LogP contribution in [0.15, 0.2) is 34.8 Å². The second kappa shape index (κ2) is 8.10. The minimum Gasteiger partial charge on any atom is -0.497 e. The standard InChI is InChI=1S/C21H23BrINO4/c1-21(2,3)28-20(25)24-11-14(12-6-8-13(26-4)9-7-12)17-15(22)10-16(27-5)18(23)19(17)24/h6-10,14H,11H2,1-5H3. The lowest BCUT2D eigenvalue weighted by atomic mass is 9.93. The van der Waals surface area contributed by atoms with Crippen LogP contribution < -0.4 is 14.4 Å². The first-order valence-electron chi connectivity index (χ1n) is 8.86. The number of ether oxygens (including phenoxy) is 3. The Balaban J connectivity index is 2.12. The van der Waals surface area contributed by atoms with Gasteiger partial charge in [-0.3, -0.25) is 4.90 Å². The van der Waals surface area contributed by atoms with E-state index in [1.165, 1.54) is 0 Å². The number of carbonyl (C=O) groups excluding carboxylic acids is 1. The van der Waals surface area contributed by atoms with Crippen LogP contribution in [0.3, 0.4) is 0 Å². The van der Waals surface area contributed by atoms with E-state index in [9.17, 15) is 4.79 Å². The monoisotopic (exact) mass is 559 g/mol. The first-order valence-corrected chi connectivity index (χ1v) is 10.7. The highest BCUT2D eigenvalue weighted by atomic mass is 127. The molecule has 1 atom stereocenters. The molecule has 1 amide bonds. The molecule has 0 N–H and O–H groups in total. The number of amides is 1. The van der Waals surface area contributed by atoms with Gasteiger partial charge in [-0.25, -0.2) is 4.79 Å². The lowest BCUT2D eigenvalue weighted by molar-refractivity contribution is 0.0583. The maximum absolute atomic E-state index is 13.0. The number of benzene rings is 2. The average molecular weight is 560 g/mol. The average Bonchev–Trinajstić information content (AvgIpc) is 3.05. The van der Waals surface area contributed by atoms with E-state index in [1.54, 1.807) is 19.1 Å². The summed E-state index contributed by atoms with van der Waals surface area (Å²) in [6.07, 6.45) is -0.358. The quantitative estimate of drug-likeness (QED) is 0.435. The van der Waals surface area contributed by atoms with Crippen molar-refractivity contribution in [2.45, 2.75) is 32.3 Å². The molecule has 2 aromatic carbocycles. The fourth-order valence-corrected chi connectivity index (χ4v) is 4.93. The number of rotatable bonds is 3. The summed E-state index contributed by atoms with van der Waals surface area (Å²) in [7, 11) is 3.28. The Labute approximate surface area is 187 Å². The maximum Gasteiger partial charge on any atom is 0.414 e. The van der Waals surface area contributed by atoms with Gasteiger partial charge in [-0.2, -0.15) is 0 Å². The van der Waals surface area contributed by atoms with Crippen molar-refractivity contribution in [3.8, 4) is 11.5 Å². The first-order chi connectivity index (χ1) is 13.2. The normalized spacial score (nSPS) is 16.0. The Morgan fingerprint density at radius 1 is 1.18 bits per heavy atom. The number of hydrogen-bond acceptors (Lipinski definition) is 4. The smallest absolute Gasteiger partial charge is 0.414 e. The van der Waals surface area contributed by atoms with Crippen LogP contribution in [-0.4, -0.2) is 32.5 Å². The topological polar surface area (TPSA) is 48.0 Å². The molecule has 2 aromatic rings. The largest absolute Gasteiger partial charge is 0.497 e. The molecule has 0 radical (unpaired) electrons. The van der Waals surface area contributed by atoms with Crippen molar-refractivity contribution in [2.75, 3.05) is 25.7 Å². The van der Waals surface area contributed by atoms with Gasteiger partial charge in [0.2, 0.25) is 0 Å². The highest BCUT2D eigenvalue weighted by Gasteiger charge is 2.39. The number of methoxy groups -OCH3 is 2. The van der Waals surface area contributed by atoms with Crippen molar-refractivity contribution >= 4 is 50.3 Å². The maximum atomic E-state index is 13.0. The number of halogens is 2. The van der Waals surface area contributed by atoms with Crippen molar-refractivity contribution in [2.24, 2.45) is 0 Å². The minimum absolute atomic E-state index is 0.0159. The highest BCUT2D eigenvalue weighted by molar-refractivity contribution is 14.1. The second-order valence-corrected chi connectivity index (χ2v) is 9.49. The van der Waals surface area contributed by atoms with Crippen LogP contribution >= 0.6 is 38.5 Å². The molecule has 1 unspecified atom stereocenters. The Bertz CT molecular complexity index is 893. The molecule has 1 heterocycles. The number of anilines is 1. The van der Waals surface area contributed by atoms with Crippen LogP contribution in [0.25, 0.3) is 0 Å². The van der Waals surface area contributed by atoms with E-state index >= 15 is 0 Å². The summed E-state index contributed by atoms with van der Waals surface area (Å²) in [6.45, 7) is 6.11. The summed E-state index contributed by atoms with van der Waals surface area (Å²) in [5.41, 5.74) is 2.43. The predicted molar refractivity (Wildman–Crippen MR) is 122 cm³/mol. The second-order valence-electron chi connectivity index (χ2n) is 7.55. The summed E-state index contributed by atoms with van der Waals surface area (Å²) in [6, 6.07) is 9.90. The van der Waals surface area contributed by atoms with E-state index in [2.05, 4.69) is 38.5 Å². The highest BCUT2D eigenvalue weighted by Crippen LogP contribution is 2.50. The van der Waals surface area contributed by atoms with Gasteiger partial charge in [0.25, 0.3) is 0 Å². The van der Waals surface area contributed by atoms with Crippen LogP contribution in [0.1, 0.15) is 37.8 Å².